The average molecular weight is 294 g/mol. The van der Waals surface area contributed by atoms with E-state index in [1.807, 2.05) is 32.6 Å². The zero-order valence-electron chi connectivity index (χ0n) is 13.9. The molecule has 0 aromatic rings. The van der Waals surface area contributed by atoms with E-state index in [2.05, 4.69) is 5.32 Å². The van der Waals surface area contributed by atoms with Gasteiger partial charge in [-0.3, -0.25) is 9.59 Å². The van der Waals surface area contributed by atoms with Gasteiger partial charge >= 0.3 is 0 Å². The van der Waals surface area contributed by atoms with Gasteiger partial charge in [0, 0.05) is 6.54 Å². The predicted molar refractivity (Wildman–Crippen MR) is 83.7 cm³/mol. The molecule has 2 amide bonds. The van der Waals surface area contributed by atoms with Gasteiger partial charge in [0.1, 0.15) is 12.1 Å². The summed E-state index contributed by atoms with van der Waals surface area (Å²) in [4.78, 5) is 27.0. The number of rotatable bonds is 5. The molecule has 2 aliphatic rings. The van der Waals surface area contributed by atoms with Gasteiger partial charge in [0.25, 0.3) is 0 Å². The van der Waals surface area contributed by atoms with Crippen LogP contribution in [0.5, 0.6) is 0 Å². The Morgan fingerprint density at radius 2 is 1.71 bits per heavy atom. The maximum Gasteiger partial charge on any atom is 0.246 e. The van der Waals surface area contributed by atoms with Gasteiger partial charge in [-0.25, -0.2) is 0 Å². The first-order chi connectivity index (χ1) is 9.91. The molecular formula is C17H30N2O2. The lowest BCUT2D eigenvalue weighted by molar-refractivity contribution is -0.152. The van der Waals surface area contributed by atoms with Crippen molar-refractivity contribution in [3.05, 3.63) is 0 Å². The fraction of sp³-hybridized carbons (Fsp3) is 0.882. The molecule has 1 aliphatic heterocycles. The molecule has 2 unspecified atom stereocenters. The van der Waals surface area contributed by atoms with Gasteiger partial charge in [-0.2, -0.15) is 0 Å². The predicted octanol–water partition coefficient (Wildman–Crippen LogP) is 2.57. The number of nitrogens with zero attached hydrogens (tertiary/aromatic N) is 1. The van der Waals surface area contributed by atoms with E-state index in [1.54, 1.807) is 0 Å². The van der Waals surface area contributed by atoms with Gasteiger partial charge in [0.05, 0.1) is 0 Å². The summed E-state index contributed by atoms with van der Waals surface area (Å²) in [6, 6.07) is -0.648. The molecule has 0 aromatic carbocycles. The van der Waals surface area contributed by atoms with Gasteiger partial charge in [-0.15, -0.1) is 0 Å². The summed E-state index contributed by atoms with van der Waals surface area (Å²) in [5.41, 5.74) is 0. The largest absolute Gasteiger partial charge is 0.342 e. The Morgan fingerprint density at radius 1 is 1.10 bits per heavy atom. The van der Waals surface area contributed by atoms with E-state index in [0.29, 0.717) is 0 Å². The summed E-state index contributed by atoms with van der Waals surface area (Å²) in [7, 11) is 0. The molecule has 1 saturated carbocycles. The fourth-order valence-corrected chi connectivity index (χ4v) is 3.74. The highest BCUT2D eigenvalue weighted by Crippen LogP contribution is 2.29. The van der Waals surface area contributed by atoms with Gasteiger partial charge < -0.3 is 10.2 Å². The van der Waals surface area contributed by atoms with Crippen molar-refractivity contribution in [2.24, 2.45) is 17.8 Å². The number of carbonyl (C=O) groups excluding carboxylic acids is 2. The van der Waals surface area contributed by atoms with Crippen molar-refractivity contribution in [1.29, 1.82) is 0 Å². The van der Waals surface area contributed by atoms with E-state index in [4.69, 9.17) is 0 Å². The topological polar surface area (TPSA) is 49.4 Å². The SMILES string of the molecule is CC(C)C1NC(=O)C(C(C)C)N(CCC2CCCC2)C1=O. The summed E-state index contributed by atoms with van der Waals surface area (Å²) in [5.74, 6) is 1.18. The molecular weight excluding hydrogens is 264 g/mol. The minimum atomic E-state index is -0.351. The second kappa shape index (κ2) is 6.80. The Bertz CT molecular complexity index is 386. The van der Waals surface area contributed by atoms with Crippen LogP contribution in [0.2, 0.25) is 0 Å². The molecule has 2 fully saturated rings. The molecule has 0 radical (unpaired) electrons. The van der Waals surface area contributed by atoms with Crippen LogP contribution in [-0.4, -0.2) is 35.3 Å². The van der Waals surface area contributed by atoms with Crippen molar-refractivity contribution in [3.63, 3.8) is 0 Å². The normalized spacial score (nSPS) is 27.8. The zero-order valence-corrected chi connectivity index (χ0v) is 13.9. The first-order valence-corrected chi connectivity index (χ1v) is 8.52. The summed E-state index contributed by atoms with van der Waals surface area (Å²) < 4.78 is 0. The van der Waals surface area contributed by atoms with E-state index >= 15 is 0 Å². The van der Waals surface area contributed by atoms with Crippen molar-refractivity contribution in [3.8, 4) is 0 Å². The van der Waals surface area contributed by atoms with Crippen LogP contribution < -0.4 is 5.32 Å². The minimum absolute atomic E-state index is 0.0229. The van der Waals surface area contributed by atoms with Crippen molar-refractivity contribution < 1.29 is 9.59 Å². The summed E-state index contributed by atoms with van der Waals surface area (Å²) in [6.45, 7) is 8.77. The van der Waals surface area contributed by atoms with Gasteiger partial charge in [-0.05, 0) is 24.2 Å². The molecule has 2 rings (SSSR count). The van der Waals surface area contributed by atoms with Crippen molar-refractivity contribution in [2.45, 2.75) is 71.9 Å². The quantitative estimate of drug-likeness (QED) is 0.847. The molecule has 4 heteroatoms. The maximum absolute atomic E-state index is 12.7. The monoisotopic (exact) mass is 294 g/mol. The van der Waals surface area contributed by atoms with E-state index < -0.39 is 0 Å². The number of piperazine rings is 1. The number of amides is 2. The van der Waals surface area contributed by atoms with Crippen molar-refractivity contribution in [1.82, 2.24) is 10.2 Å². The highest BCUT2D eigenvalue weighted by molar-refractivity contribution is 5.97. The molecule has 1 N–H and O–H groups in total. The zero-order chi connectivity index (χ0) is 15.6. The average Bonchev–Trinajstić information content (AvgIpc) is 2.91. The number of nitrogens with one attached hydrogen (secondary N) is 1. The molecule has 2 atom stereocenters. The molecule has 120 valence electrons. The molecule has 1 saturated heterocycles. The standard InChI is InChI=1S/C17H30N2O2/c1-11(2)14-17(21)19(10-9-13-7-5-6-8-13)15(12(3)4)16(20)18-14/h11-15H,5-10H2,1-4H3,(H,18,20). The van der Waals surface area contributed by atoms with Crippen molar-refractivity contribution >= 4 is 11.8 Å². The Kier molecular flexibility index (Phi) is 5.28. The third kappa shape index (κ3) is 3.58. The highest BCUT2D eigenvalue weighted by atomic mass is 16.2. The lowest BCUT2D eigenvalue weighted by Gasteiger charge is -2.42. The van der Waals surface area contributed by atoms with Gasteiger partial charge in [0.15, 0.2) is 0 Å². The molecule has 21 heavy (non-hydrogen) atoms. The molecule has 0 spiro atoms. The number of hydrogen-bond acceptors (Lipinski definition) is 2. The number of carbonyl (C=O) groups is 2. The van der Waals surface area contributed by atoms with Crippen LogP contribution in [0.3, 0.4) is 0 Å². The lowest BCUT2D eigenvalue weighted by atomic mass is 9.92. The lowest BCUT2D eigenvalue weighted by Crippen LogP contribution is -2.66. The van der Waals surface area contributed by atoms with E-state index in [9.17, 15) is 9.59 Å². The van der Waals surface area contributed by atoms with Gasteiger partial charge in [0.2, 0.25) is 11.8 Å². The molecule has 1 aliphatic carbocycles. The highest BCUT2D eigenvalue weighted by Gasteiger charge is 2.42. The van der Waals surface area contributed by atoms with Crippen LogP contribution in [0.4, 0.5) is 0 Å². The van der Waals surface area contributed by atoms with Crippen LogP contribution in [0.15, 0.2) is 0 Å². The Balaban J connectivity index is 2.09. The van der Waals surface area contributed by atoms with Crippen LogP contribution in [-0.2, 0) is 9.59 Å². The molecule has 0 aromatic heterocycles. The van der Waals surface area contributed by atoms with Crippen LogP contribution in [0, 0.1) is 17.8 Å². The summed E-state index contributed by atoms with van der Waals surface area (Å²) in [6.07, 6.45) is 6.26. The van der Waals surface area contributed by atoms with Crippen LogP contribution in [0.25, 0.3) is 0 Å². The molecule has 0 bridgehead atoms. The van der Waals surface area contributed by atoms with Crippen molar-refractivity contribution in [2.75, 3.05) is 6.54 Å². The van der Waals surface area contributed by atoms with Crippen LogP contribution >= 0.6 is 0 Å². The second-order valence-corrected chi connectivity index (χ2v) is 7.39. The first-order valence-electron chi connectivity index (χ1n) is 8.52. The fourth-order valence-electron chi connectivity index (χ4n) is 3.74. The third-order valence-corrected chi connectivity index (χ3v) is 5.00. The Labute approximate surface area is 128 Å². The van der Waals surface area contributed by atoms with E-state index in [-0.39, 0.29) is 35.7 Å². The second-order valence-electron chi connectivity index (χ2n) is 7.39. The van der Waals surface area contributed by atoms with Gasteiger partial charge in [-0.1, -0.05) is 53.4 Å². The molecule has 4 nitrogen and oxygen atoms in total. The molecule has 1 heterocycles. The third-order valence-electron chi connectivity index (χ3n) is 5.00. The smallest absolute Gasteiger partial charge is 0.246 e. The minimum Gasteiger partial charge on any atom is -0.342 e. The summed E-state index contributed by atoms with van der Waals surface area (Å²) >= 11 is 0. The Morgan fingerprint density at radius 3 is 2.24 bits per heavy atom. The van der Waals surface area contributed by atoms with Crippen LogP contribution in [0.1, 0.15) is 59.8 Å². The van der Waals surface area contributed by atoms with E-state index in [0.717, 1.165) is 18.9 Å². The Hall–Kier alpha value is -1.06. The summed E-state index contributed by atoms with van der Waals surface area (Å²) in [5, 5.41) is 2.92. The first kappa shape index (κ1) is 16.3. The maximum atomic E-state index is 12.7. The number of hydrogen-bond donors (Lipinski definition) is 1. The van der Waals surface area contributed by atoms with E-state index in [1.165, 1.54) is 25.7 Å².